The minimum Gasteiger partial charge on any atom is -0.365 e. The smallest absolute Gasteiger partial charge is 0.275 e. The van der Waals surface area contributed by atoms with Gasteiger partial charge in [-0.15, -0.1) is 0 Å². The molecule has 5 heteroatoms. The van der Waals surface area contributed by atoms with Crippen LogP contribution >= 0.6 is 0 Å². The number of anilines is 2. The third-order valence-corrected chi connectivity index (χ3v) is 3.96. The predicted molar refractivity (Wildman–Crippen MR) is 104 cm³/mol. The molecular formula is C21H22N4O. The van der Waals surface area contributed by atoms with Crippen LogP contribution in [0.4, 0.5) is 11.5 Å². The van der Waals surface area contributed by atoms with Crippen molar-refractivity contribution < 1.29 is 4.79 Å². The number of hydrogen-bond donors (Lipinski definition) is 2. The number of benzene rings is 2. The van der Waals surface area contributed by atoms with Crippen LogP contribution in [-0.4, -0.2) is 15.9 Å². The zero-order chi connectivity index (χ0) is 18.5. The molecule has 0 aliphatic rings. The van der Waals surface area contributed by atoms with Crippen molar-refractivity contribution in [2.24, 2.45) is 0 Å². The van der Waals surface area contributed by atoms with Gasteiger partial charge in [0.15, 0.2) is 0 Å². The summed E-state index contributed by atoms with van der Waals surface area (Å²) >= 11 is 0. The first-order valence-electron chi connectivity index (χ1n) is 8.51. The van der Waals surface area contributed by atoms with Crippen LogP contribution in [0.5, 0.6) is 0 Å². The van der Waals surface area contributed by atoms with E-state index in [1.54, 1.807) is 6.20 Å². The van der Waals surface area contributed by atoms with E-state index in [0.29, 0.717) is 12.4 Å². The lowest BCUT2D eigenvalue weighted by Crippen LogP contribution is -2.14. The van der Waals surface area contributed by atoms with Crippen molar-refractivity contribution in [1.82, 2.24) is 9.97 Å². The quantitative estimate of drug-likeness (QED) is 0.724. The van der Waals surface area contributed by atoms with E-state index in [-0.39, 0.29) is 11.6 Å². The fourth-order valence-corrected chi connectivity index (χ4v) is 2.68. The van der Waals surface area contributed by atoms with Gasteiger partial charge >= 0.3 is 0 Å². The molecule has 2 N–H and O–H groups in total. The van der Waals surface area contributed by atoms with E-state index in [9.17, 15) is 4.79 Å². The normalized spacial score (nSPS) is 10.4. The lowest BCUT2D eigenvalue weighted by molar-refractivity contribution is 0.102. The van der Waals surface area contributed by atoms with Crippen molar-refractivity contribution in [3.05, 3.63) is 82.8 Å². The third kappa shape index (κ3) is 4.66. The van der Waals surface area contributed by atoms with Crippen molar-refractivity contribution in [2.75, 3.05) is 10.6 Å². The topological polar surface area (TPSA) is 66.9 Å². The van der Waals surface area contributed by atoms with Crippen LogP contribution in [0.1, 0.15) is 32.7 Å². The Morgan fingerprint density at radius 2 is 1.58 bits per heavy atom. The van der Waals surface area contributed by atoms with E-state index < -0.39 is 0 Å². The van der Waals surface area contributed by atoms with Crippen LogP contribution < -0.4 is 10.6 Å². The number of aromatic nitrogens is 2. The van der Waals surface area contributed by atoms with E-state index in [0.717, 1.165) is 22.4 Å². The minimum atomic E-state index is -0.271. The summed E-state index contributed by atoms with van der Waals surface area (Å²) in [5.41, 5.74) is 5.63. The number of aryl methyl sites for hydroxylation is 3. The fraction of sp³-hybridized carbons (Fsp3) is 0.190. The number of hydrogen-bond acceptors (Lipinski definition) is 4. The first-order valence-corrected chi connectivity index (χ1v) is 8.51. The molecule has 3 rings (SSSR count). The van der Waals surface area contributed by atoms with Gasteiger partial charge in [-0.3, -0.25) is 4.79 Å². The van der Waals surface area contributed by atoms with Crippen LogP contribution in [0.25, 0.3) is 0 Å². The van der Waals surface area contributed by atoms with Gasteiger partial charge in [0, 0.05) is 12.2 Å². The summed E-state index contributed by atoms with van der Waals surface area (Å²) in [6, 6.07) is 14.2. The molecule has 0 atom stereocenters. The average Bonchev–Trinajstić information content (AvgIpc) is 2.61. The molecular weight excluding hydrogens is 324 g/mol. The Labute approximate surface area is 153 Å². The summed E-state index contributed by atoms with van der Waals surface area (Å²) in [5, 5.41) is 6.07. The Hall–Kier alpha value is -3.21. The number of amides is 1. The third-order valence-electron chi connectivity index (χ3n) is 3.96. The van der Waals surface area contributed by atoms with Gasteiger partial charge in [0.2, 0.25) is 0 Å². The standard InChI is InChI=1S/C21H22N4O/c1-14-4-6-17(7-5-14)11-23-20-13-22-19(12-24-20)21(26)25-18-9-15(2)8-16(3)10-18/h4-10,12-13H,11H2,1-3H3,(H,23,24)(H,25,26). The lowest BCUT2D eigenvalue weighted by atomic mass is 10.1. The summed E-state index contributed by atoms with van der Waals surface area (Å²) < 4.78 is 0. The lowest BCUT2D eigenvalue weighted by Gasteiger charge is -2.08. The number of nitrogens with one attached hydrogen (secondary N) is 2. The Morgan fingerprint density at radius 1 is 0.885 bits per heavy atom. The first kappa shape index (κ1) is 17.6. The molecule has 0 aliphatic carbocycles. The first-order chi connectivity index (χ1) is 12.5. The molecule has 0 radical (unpaired) electrons. The minimum absolute atomic E-state index is 0.271. The van der Waals surface area contributed by atoms with E-state index in [1.807, 2.05) is 26.0 Å². The zero-order valence-corrected chi connectivity index (χ0v) is 15.2. The molecule has 1 amide bonds. The highest BCUT2D eigenvalue weighted by Gasteiger charge is 2.09. The monoisotopic (exact) mass is 346 g/mol. The summed E-state index contributed by atoms with van der Waals surface area (Å²) in [7, 11) is 0. The highest BCUT2D eigenvalue weighted by molar-refractivity contribution is 6.02. The maximum atomic E-state index is 12.3. The Balaban J connectivity index is 1.61. The van der Waals surface area contributed by atoms with Crippen LogP contribution in [0.2, 0.25) is 0 Å². The molecule has 1 heterocycles. The SMILES string of the molecule is Cc1ccc(CNc2cnc(C(=O)Nc3cc(C)cc(C)c3)cn2)cc1. The van der Waals surface area contributed by atoms with E-state index in [4.69, 9.17) is 0 Å². The number of carbonyl (C=O) groups is 1. The maximum Gasteiger partial charge on any atom is 0.275 e. The van der Waals surface area contributed by atoms with Gasteiger partial charge in [0.25, 0.3) is 5.91 Å². The largest absolute Gasteiger partial charge is 0.365 e. The molecule has 0 aliphatic heterocycles. The number of nitrogens with zero attached hydrogens (tertiary/aromatic N) is 2. The summed E-state index contributed by atoms with van der Waals surface area (Å²) in [6.07, 6.45) is 3.06. The van der Waals surface area contributed by atoms with Gasteiger partial charge in [-0.2, -0.15) is 0 Å². The van der Waals surface area contributed by atoms with Crippen LogP contribution in [0.3, 0.4) is 0 Å². The van der Waals surface area contributed by atoms with Gasteiger partial charge in [-0.1, -0.05) is 35.9 Å². The summed E-state index contributed by atoms with van der Waals surface area (Å²) in [5.74, 6) is 0.362. The number of rotatable bonds is 5. The second kappa shape index (κ2) is 7.78. The molecule has 0 saturated carbocycles. The molecule has 1 aromatic heterocycles. The Morgan fingerprint density at radius 3 is 2.19 bits per heavy atom. The molecule has 0 fully saturated rings. The van der Waals surface area contributed by atoms with Crippen molar-refractivity contribution in [2.45, 2.75) is 27.3 Å². The molecule has 2 aromatic carbocycles. The molecule has 3 aromatic rings. The summed E-state index contributed by atoms with van der Waals surface area (Å²) in [6.45, 7) is 6.71. The maximum absolute atomic E-state index is 12.3. The number of carbonyl (C=O) groups excluding carboxylic acids is 1. The van der Waals surface area contributed by atoms with E-state index >= 15 is 0 Å². The second-order valence-electron chi connectivity index (χ2n) is 6.46. The van der Waals surface area contributed by atoms with Crippen LogP contribution in [-0.2, 0) is 6.54 Å². The highest BCUT2D eigenvalue weighted by Crippen LogP contribution is 2.15. The van der Waals surface area contributed by atoms with Gasteiger partial charge < -0.3 is 10.6 Å². The fourth-order valence-electron chi connectivity index (χ4n) is 2.68. The van der Waals surface area contributed by atoms with E-state index in [2.05, 4.69) is 57.9 Å². The van der Waals surface area contributed by atoms with Crippen LogP contribution in [0.15, 0.2) is 54.9 Å². The second-order valence-corrected chi connectivity index (χ2v) is 6.46. The Kier molecular flexibility index (Phi) is 5.27. The highest BCUT2D eigenvalue weighted by atomic mass is 16.1. The Bertz CT molecular complexity index is 882. The van der Waals surface area contributed by atoms with Gasteiger partial charge in [0.1, 0.15) is 11.5 Å². The van der Waals surface area contributed by atoms with Crippen molar-refractivity contribution in [1.29, 1.82) is 0 Å². The van der Waals surface area contributed by atoms with Gasteiger partial charge in [0.05, 0.1) is 12.4 Å². The van der Waals surface area contributed by atoms with E-state index in [1.165, 1.54) is 11.8 Å². The molecule has 132 valence electrons. The molecule has 0 unspecified atom stereocenters. The van der Waals surface area contributed by atoms with Crippen molar-refractivity contribution in [3.63, 3.8) is 0 Å². The van der Waals surface area contributed by atoms with Gasteiger partial charge in [-0.25, -0.2) is 9.97 Å². The van der Waals surface area contributed by atoms with Crippen molar-refractivity contribution in [3.8, 4) is 0 Å². The average molecular weight is 346 g/mol. The predicted octanol–water partition coefficient (Wildman–Crippen LogP) is 4.27. The van der Waals surface area contributed by atoms with Crippen LogP contribution in [0, 0.1) is 20.8 Å². The molecule has 26 heavy (non-hydrogen) atoms. The molecule has 0 spiro atoms. The van der Waals surface area contributed by atoms with Crippen molar-refractivity contribution >= 4 is 17.4 Å². The molecule has 0 bridgehead atoms. The van der Waals surface area contributed by atoms with Gasteiger partial charge in [-0.05, 0) is 49.6 Å². The molecule has 5 nitrogen and oxygen atoms in total. The zero-order valence-electron chi connectivity index (χ0n) is 15.2. The molecule has 0 saturated heterocycles. The summed E-state index contributed by atoms with van der Waals surface area (Å²) in [4.78, 5) is 20.8.